The van der Waals surface area contributed by atoms with Crippen LogP contribution in [0.15, 0.2) is 48.5 Å². The molecule has 2 aromatic carbocycles. The Bertz CT molecular complexity index is 650. The van der Waals surface area contributed by atoms with Crippen LogP contribution in [0.3, 0.4) is 0 Å². The largest absolute Gasteiger partial charge is 0.494 e. The highest BCUT2D eigenvalue weighted by atomic mass is 16.5. The second kappa shape index (κ2) is 7.80. The third-order valence-corrected chi connectivity index (χ3v) is 4.29. The number of hydrogen-bond acceptors (Lipinski definition) is 3. The monoisotopic (exact) mass is 306 g/mol. The maximum Gasteiger partial charge on any atom is 0.119 e. The molecule has 0 bridgehead atoms. The van der Waals surface area contributed by atoms with Crippen molar-refractivity contribution in [3.05, 3.63) is 54.1 Å². The summed E-state index contributed by atoms with van der Waals surface area (Å²) in [6.45, 7) is 4.41. The van der Waals surface area contributed by atoms with Crippen LogP contribution < -0.4 is 4.74 Å². The first kappa shape index (κ1) is 15.6. The Kier molecular flexibility index (Phi) is 5.29. The van der Waals surface area contributed by atoms with Crippen LogP contribution in [-0.4, -0.2) is 31.1 Å². The fourth-order valence-corrected chi connectivity index (χ4v) is 2.97. The Morgan fingerprint density at radius 1 is 0.913 bits per heavy atom. The molecule has 0 unspecified atom stereocenters. The van der Waals surface area contributed by atoms with E-state index >= 15 is 0 Å². The zero-order valence-electron chi connectivity index (χ0n) is 13.4. The van der Waals surface area contributed by atoms with Crippen molar-refractivity contribution in [2.24, 2.45) is 0 Å². The Hall–Kier alpha value is -2.31. The van der Waals surface area contributed by atoms with E-state index in [2.05, 4.69) is 23.1 Å². The van der Waals surface area contributed by atoms with Gasteiger partial charge in [-0.25, -0.2) is 0 Å². The lowest BCUT2D eigenvalue weighted by Gasteiger charge is -2.14. The molecule has 1 heterocycles. The third-order valence-electron chi connectivity index (χ3n) is 4.29. The van der Waals surface area contributed by atoms with Gasteiger partial charge in [0.15, 0.2) is 0 Å². The van der Waals surface area contributed by atoms with Crippen LogP contribution in [0.2, 0.25) is 0 Å². The van der Waals surface area contributed by atoms with E-state index in [4.69, 9.17) is 10.00 Å². The van der Waals surface area contributed by atoms with Crippen molar-refractivity contribution in [2.45, 2.75) is 19.3 Å². The predicted octanol–water partition coefficient (Wildman–Crippen LogP) is 4.09. The van der Waals surface area contributed by atoms with Gasteiger partial charge < -0.3 is 9.64 Å². The molecule has 0 saturated carbocycles. The smallest absolute Gasteiger partial charge is 0.119 e. The highest BCUT2D eigenvalue weighted by molar-refractivity contribution is 5.64. The summed E-state index contributed by atoms with van der Waals surface area (Å²) in [7, 11) is 0. The van der Waals surface area contributed by atoms with Gasteiger partial charge in [0.2, 0.25) is 0 Å². The molecule has 1 aliphatic heterocycles. The lowest BCUT2D eigenvalue weighted by atomic mass is 10.0. The maximum atomic E-state index is 8.84. The average Bonchev–Trinajstić information content (AvgIpc) is 3.13. The van der Waals surface area contributed by atoms with Gasteiger partial charge in [-0.05, 0) is 67.7 Å². The quantitative estimate of drug-likeness (QED) is 0.754. The summed E-state index contributed by atoms with van der Waals surface area (Å²) >= 11 is 0. The lowest BCUT2D eigenvalue weighted by molar-refractivity contribution is 0.263. The van der Waals surface area contributed by atoms with Gasteiger partial charge >= 0.3 is 0 Å². The van der Waals surface area contributed by atoms with Crippen LogP contribution in [0.4, 0.5) is 0 Å². The van der Waals surface area contributed by atoms with Crippen molar-refractivity contribution < 1.29 is 4.74 Å². The van der Waals surface area contributed by atoms with E-state index in [0.717, 1.165) is 36.4 Å². The van der Waals surface area contributed by atoms with Crippen molar-refractivity contribution in [1.29, 1.82) is 5.26 Å². The molecule has 118 valence electrons. The van der Waals surface area contributed by atoms with E-state index in [9.17, 15) is 0 Å². The maximum absolute atomic E-state index is 8.84. The molecule has 3 heteroatoms. The number of nitrogens with zero attached hydrogens (tertiary/aromatic N) is 2. The van der Waals surface area contributed by atoms with Crippen molar-refractivity contribution in [3.63, 3.8) is 0 Å². The van der Waals surface area contributed by atoms with E-state index in [-0.39, 0.29) is 0 Å². The number of rotatable bonds is 6. The predicted molar refractivity (Wildman–Crippen MR) is 92.4 cm³/mol. The molecule has 1 saturated heterocycles. The summed E-state index contributed by atoms with van der Waals surface area (Å²) in [5, 5.41) is 8.84. The van der Waals surface area contributed by atoms with E-state index < -0.39 is 0 Å². The minimum atomic E-state index is 0.687. The molecule has 0 radical (unpaired) electrons. The first-order valence-electron chi connectivity index (χ1n) is 8.31. The standard InChI is InChI=1S/C20H22N2O/c21-16-17-4-6-18(7-5-17)19-8-10-20(11-9-19)23-15-3-14-22-12-1-2-13-22/h4-11H,1-3,12-15H2. The van der Waals surface area contributed by atoms with Gasteiger partial charge in [-0.2, -0.15) is 5.26 Å². The molecule has 0 amide bonds. The Morgan fingerprint density at radius 2 is 1.52 bits per heavy atom. The number of nitriles is 1. The molecule has 0 atom stereocenters. The van der Waals surface area contributed by atoms with Gasteiger partial charge in [-0.1, -0.05) is 24.3 Å². The molecule has 0 spiro atoms. The molecule has 1 fully saturated rings. The van der Waals surface area contributed by atoms with Gasteiger partial charge in [0, 0.05) is 6.54 Å². The van der Waals surface area contributed by atoms with Crippen LogP contribution in [0.1, 0.15) is 24.8 Å². The van der Waals surface area contributed by atoms with Gasteiger partial charge in [0.05, 0.1) is 18.2 Å². The summed E-state index contributed by atoms with van der Waals surface area (Å²) in [4.78, 5) is 2.51. The normalized spacial score (nSPS) is 14.6. The molecule has 23 heavy (non-hydrogen) atoms. The first-order valence-corrected chi connectivity index (χ1v) is 8.31. The van der Waals surface area contributed by atoms with E-state index in [0.29, 0.717) is 5.56 Å². The zero-order valence-corrected chi connectivity index (χ0v) is 13.4. The van der Waals surface area contributed by atoms with Crippen LogP contribution >= 0.6 is 0 Å². The summed E-state index contributed by atoms with van der Waals surface area (Å²) in [5.74, 6) is 0.920. The van der Waals surface area contributed by atoms with Crippen LogP contribution in [0, 0.1) is 11.3 Å². The van der Waals surface area contributed by atoms with Crippen LogP contribution in [-0.2, 0) is 0 Å². The topological polar surface area (TPSA) is 36.3 Å². The Labute approximate surface area is 138 Å². The summed E-state index contributed by atoms with van der Waals surface area (Å²) in [6, 6.07) is 18.0. The first-order chi connectivity index (χ1) is 11.3. The zero-order chi connectivity index (χ0) is 15.9. The number of benzene rings is 2. The van der Waals surface area contributed by atoms with Gasteiger partial charge in [0.25, 0.3) is 0 Å². The van der Waals surface area contributed by atoms with Gasteiger partial charge in [-0.3, -0.25) is 0 Å². The Morgan fingerprint density at radius 3 is 2.13 bits per heavy atom. The van der Waals surface area contributed by atoms with Gasteiger partial charge in [0.1, 0.15) is 5.75 Å². The summed E-state index contributed by atoms with van der Waals surface area (Å²) < 4.78 is 5.82. The Balaban J connectivity index is 1.49. The van der Waals surface area contributed by atoms with Crippen molar-refractivity contribution >= 4 is 0 Å². The molecular formula is C20H22N2O. The molecule has 0 N–H and O–H groups in total. The second-order valence-corrected chi connectivity index (χ2v) is 5.96. The van der Waals surface area contributed by atoms with Crippen LogP contribution in [0.5, 0.6) is 5.75 Å². The van der Waals surface area contributed by atoms with E-state index in [1.807, 2.05) is 36.4 Å². The molecule has 2 aromatic rings. The minimum Gasteiger partial charge on any atom is -0.494 e. The molecule has 3 nitrogen and oxygen atoms in total. The number of hydrogen-bond donors (Lipinski definition) is 0. The van der Waals surface area contributed by atoms with Crippen molar-refractivity contribution in [3.8, 4) is 22.9 Å². The van der Waals surface area contributed by atoms with E-state index in [1.165, 1.54) is 25.9 Å². The second-order valence-electron chi connectivity index (χ2n) is 5.96. The van der Waals surface area contributed by atoms with Crippen molar-refractivity contribution in [1.82, 2.24) is 4.90 Å². The highest BCUT2D eigenvalue weighted by Gasteiger charge is 2.10. The molecule has 1 aliphatic rings. The lowest BCUT2D eigenvalue weighted by Crippen LogP contribution is -2.21. The molecule has 0 aromatic heterocycles. The highest BCUT2D eigenvalue weighted by Crippen LogP contribution is 2.23. The SMILES string of the molecule is N#Cc1ccc(-c2ccc(OCCCN3CCCC3)cc2)cc1. The average molecular weight is 306 g/mol. The summed E-state index contributed by atoms with van der Waals surface area (Å²) in [6.07, 6.45) is 3.77. The summed E-state index contributed by atoms with van der Waals surface area (Å²) in [5.41, 5.74) is 2.94. The number of ether oxygens (including phenoxy) is 1. The van der Waals surface area contributed by atoms with E-state index in [1.54, 1.807) is 0 Å². The van der Waals surface area contributed by atoms with Crippen LogP contribution in [0.25, 0.3) is 11.1 Å². The van der Waals surface area contributed by atoms with Gasteiger partial charge in [-0.15, -0.1) is 0 Å². The third kappa shape index (κ3) is 4.34. The fourth-order valence-electron chi connectivity index (χ4n) is 2.97. The van der Waals surface area contributed by atoms with Crippen molar-refractivity contribution in [2.75, 3.05) is 26.2 Å². The fraction of sp³-hybridized carbons (Fsp3) is 0.350. The number of likely N-dealkylation sites (tertiary alicyclic amines) is 1. The minimum absolute atomic E-state index is 0.687. The molecular weight excluding hydrogens is 284 g/mol. The molecule has 0 aliphatic carbocycles. The molecule has 3 rings (SSSR count).